The highest BCUT2D eigenvalue weighted by Gasteiger charge is 2.24. The fraction of sp³-hybridized carbons (Fsp3) is 0.455. The highest BCUT2D eigenvalue weighted by molar-refractivity contribution is 5.85. The van der Waals surface area contributed by atoms with Crippen LogP contribution >= 0.6 is 12.4 Å². The van der Waals surface area contributed by atoms with Crippen molar-refractivity contribution in [1.82, 2.24) is 15.3 Å². The van der Waals surface area contributed by atoms with Crippen molar-refractivity contribution >= 4 is 35.4 Å². The molecule has 4 heterocycles. The minimum atomic E-state index is -0.623. The largest absolute Gasteiger partial charge is 0.384 e. The second kappa shape index (κ2) is 14.8. The Morgan fingerprint density at radius 2 is 1.85 bits per heavy atom. The third-order valence-electron chi connectivity index (χ3n) is 5.17. The molecule has 0 radical (unpaired) electrons. The number of nitrogens with zero attached hydrogens (tertiary/aromatic N) is 5. The van der Waals surface area contributed by atoms with E-state index in [-0.39, 0.29) is 30.0 Å². The van der Waals surface area contributed by atoms with Gasteiger partial charge in [-0.25, -0.2) is 14.2 Å². The minimum Gasteiger partial charge on any atom is -0.384 e. The van der Waals surface area contributed by atoms with Gasteiger partial charge in [-0.2, -0.15) is 5.26 Å². The molecule has 2 aliphatic heterocycles. The number of nitrogen functional groups attached to an aromatic ring is 2. The van der Waals surface area contributed by atoms with Gasteiger partial charge in [0.1, 0.15) is 23.5 Å². The van der Waals surface area contributed by atoms with Crippen molar-refractivity contribution in [2.75, 3.05) is 56.8 Å². The molecule has 0 spiro atoms. The topological polar surface area (TPSA) is 140 Å². The number of methoxy groups -OCH3 is 2. The Labute approximate surface area is 205 Å². The van der Waals surface area contributed by atoms with E-state index in [4.69, 9.17) is 32.8 Å². The van der Waals surface area contributed by atoms with E-state index in [0.29, 0.717) is 17.5 Å². The molecule has 184 valence electrons. The summed E-state index contributed by atoms with van der Waals surface area (Å²) < 4.78 is 22.9. The van der Waals surface area contributed by atoms with Crippen LogP contribution in [-0.4, -0.2) is 62.6 Å². The molecule has 2 saturated heterocycles. The number of aromatic nitrogens is 2. The van der Waals surface area contributed by atoms with Crippen LogP contribution in [0.25, 0.3) is 4.85 Å². The Balaban J connectivity index is 0.000000275. The number of pyridine rings is 2. The van der Waals surface area contributed by atoms with Gasteiger partial charge in [0.15, 0.2) is 0 Å². The lowest BCUT2D eigenvalue weighted by Gasteiger charge is -2.19. The van der Waals surface area contributed by atoms with Gasteiger partial charge in [0.2, 0.25) is 5.69 Å². The summed E-state index contributed by atoms with van der Waals surface area (Å²) in [5, 5.41) is 12.2. The quantitative estimate of drug-likeness (QED) is 0.551. The molecule has 5 N–H and O–H groups in total. The lowest BCUT2D eigenvalue weighted by molar-refractivity contribution is 0.119. The number of rotatable bonds is 3. The van der Waals surface area contributed by atoms with E-state index in [2.05, 4.69) is 31.1 Å². The van der Waals surface area contributed by atoms with E-state index < -0.39 is 5.82 Å². The molecule has 0 aromatic carbocycles. The summed E-state index contributed by atoms with van der Waals surface area (Å²) in [7, 11) is 3.47. The lowest BCUT2D eigenvalue weighted by atomic mass is 10.2. The van der Waals surface area contributed by atoms with Gasteiger partial charge in [0, 0.05) is 58.4 Å². The molecule has 34 heavy (non-hydrogen) atoms. The summed E-state index contributed by atoms with van der Waals surface area (Å²) in [6, 6.07) is 4.90. The maximum atomic E-state index is 12.5. The number of hydrogen-bond donors (Lipinski definition) is 3. The van der Waals surface area contributed by atoms with E-state index >= 15 is 0 Å². The van der Waals surface area contributed by atoms with E-state index in [1.807, 2.05) is 0 Å². The van der Waals surface area contributed by atoms with Crippen LogP contribution in [0.4, 0.5) is 27.4 Å². The van der Waals surface area contributed by atoms with Crippen LogP contribution in [0.15, 0.2) is 24.5 Å². The molecule has 10 nitrogen and oxygen atoms in total. The normalized spacial score (nSPS) is 18.3. The fourth-order valence-corrected chi connectivity index (χ4v) is 3.30. The Kier molecular flexibility index (Phi) is 12.6. The first-order valence-corrected chi connectivity index (χ1v) is 10.4. The molecule has 2 aromatic heterocycles. The van der Waals surface area contributed by atoms with Crippen LogP contribution in [0.5, 0.6) is 0 Å². The summed E-state index contributed by atoms with van der Waals surface area (Å²) in [5.74, 6) is -0.0951. The molecule has 0 saturated carbocycles. The second-order valence-corrected chi connectivity index (χ2v) is 7.35. The summed E-state index contributed by atoms with van der Waals surface area (Å²) in [5.41, 5.74) is 12.1. The van der Waals surface area contributed by atoms with Crippen LogP contribution < -0.4 is 21.7 Å². The predicted octanol–water partition coefficient (Wildman–Crippen LogP) is 2.53. The predicted molar refractivity (Wildman–Crippen MR) is 131 cm³/mol. The lowest BCUT2D eigenvalue weighted by Crippen LogP contribution is -2.23. The standard InChI is InChI=1S/C11H14N4O.C6H4FN3.C5H11NO.ClH/c1-16-9-2-3-15(7-9)10-4-11(13)14-6-8(10)5-12;1-9-5-3-10-6(8)2-4(5)7;1-7-5-2-3-6-4-5;/h4,6,9H,2-3,7H2,1H3,(H2,13,14);2-3H,(H2,8,10);5-6H,2-4H2,1H3;1H. The Morgan fingerprint density at radius 1 is 1.18 bits per heavy atom. The number of nitrogens with two attached hydrogens (primary N) is 2. The van der Waals surface area contributed by atoms with E-state index in [1.165, 1.54) is 12.6 Å². The van der Waals surface area contributed by atoms with Gasteiger partial charge in [-0.15, -0.1) is 12.4 Å². The Bertz CT molecular complexity index is 992. The van der Waals surface area contributed by atoms with Crippen LogP contribution in [0, 0.1) is 23.7 Å². The summed E-state index contributed by atoms with van der Waals surface area (Å²) >= 11 is 0. The number of anilines is 3. The van der Waals surface area contributed by atoms with Gasteiger partial charge in [-0.1, -0.05) is 0 Å². The van der Waals surface area contributed by atoms with Gasteiger partial charge < -0.3 is 31.2 Å². The van der Waals surface area contributed by atoms with Crippen molar-refractivity contribution in [2.24, 2.45) is 0 Å². The summed E-state index contributed by atoms with van der Waals surface area (Å²) in [6.45, 7) is 10.3. The SMILES string of the molecule is COC1CCN(c2cc(N)ncc2C#N)C1.COC1CCNC1.Cl.[C-]#[N+]c1cnc(N)cc1F. The smallest absolute Gasteiger partial charge is 0.240 e. The monoisotopic (exact) mass is 492 g/mol. The Hall–Kier alpha value is -3.22. The molecule has 0 aliphatic carbocycles. The van der Waals surface area contributed by atoms with Crippen molar-refractivity contribution in [2.45, 2.75) is 25.0 Å². The van der Waals surface area contributed by atoms with E-state index in [0.717, 1.165) is 50.6 Å². The van der Waals surface area contributed by atoms with Crippen LogP contribution in [0.1, 0.15) is 18.4 Å². The van der Waals surface area contributed by atoms with Gasteiger partial charge in [0.05, 0.1) is 30.0 Å². The number of nitrogens with one attached hydrogen (secondary N) is 1. The highest BCUT2D eigenvalue weighted by Crippen LogP contribution is 2.26. The van der Waals surface area contributed by atoms with Crippen molar-refractivity contribution in [3.05, 3.63) is 47.3 Å². The average Bonchev–Trinajstić information content (AvgIpc) is 3.52. The zero-order chi connectivity index (χ0) is 24.2. The number of halogens is 2. The van der Waals surface area contributed by atoms with Crippen molar-refractivity contribution in [3.8, 4) is 6.07 Å². The third-order valence-corrected chi connectivity index (χ3v) is 5.17. The fourth-order valence-electron chi connectivity index (χ4n) is 3.30. The molecule has 2 unspecified atom stereocenters. The summed E-state index contributed by atoms with van der Waals surface area (Å²) in [4.78, 5) is 12.4. The molecule has 2 atom stereocenters. The van der Waals surface area contributed by atoms with E-state index in [9.17, 15) is 4.39 Å². The van der Waals surface area contributed by atoms with Crippen LogP contribution in [0.2, 0.25) is 0 Å². The molecule has 0 amide bonds. The molecule has 2 aromatic rings. The number of ether oxygens (including phenoxy) is 2. The molecule has 0 bridgehead atoms. The number of nitriles is 1. The zero-order valence-corrected chi connectivity index (χ0v) is 20.0. The van der Waals surface area contributed by atoms with Crippen molar-refractivity contribution in [3.63, 3.8) is 0 Å². The first-order chi connectivity index (χ1) is 15.9. The summed E-state index contributed by atoms with van der Waals surface area (Å²) in [6.07, 6.45) is 5.50. The van der Waals surface area contributed by atoms with E-state index in [1.54, 1.807) is 20.3 Å². The zero-order valence-electron chi connectivity index (χ0n) is 19.2. The van der Waals surface area contributed by atoms with Gasteiger partial charge >= 0.3 is 0 Å². The molecular weight excluding hydrogens is 463 g/mol. The maximum absolute atomic E-state index is 12.5. The van der Waals surface area contributed by atoms with Crippen molar-refractivity contribution in [1.29, 1.82) is 5.26 Å². The second-order valence-electron chi connectivity index (χ2n) is 7.35. The molecule has 2 aliphatic rings. The third kappa shape index (κ3) is 8.61. The van der Waals surface area contributed by atoms with Crippen molar-refractivity contribution < 1.29 is 13.9 Å². The van der Waals surface area contributed by atoms with Gasteiger partial charge in [-0.3, -0.25) is 4.98 Å². The molecular formula is C22H30ClFN8O2. The van der Waals surface area contributed by atoms with Gasteiger partial charge in [0.25, 0.3) is 0 Å². The molecule has 12 heteroatoms. The van der Waals surface area contributed by atoms with Crippen LogP contribution in [0.3, 0.4) is 0 Å². The molecule has 4 rings (SSSR count). The average molecular weight is 493 g/mol. The molecule has 2 fully saturated rings. The maximum Gasteiger partial charge on any atom is 0.240 e. The minimum absolute atomic E-state index is 0. The first-order valence-electron chi connectivity index (χ1n) is 10.4. The van der Waals surface area contributed by atoms with Gasteiger partial charge in [-0.05, 0) is 19.4 Å². The Morgan fingerprint density at radius 3 is 2.35 bits per heavy atom. The number of hydrogen-bond acceptors (Lipinski definition) is 9. The van der Waals surface area contributed by atoms with Crippen LogP contribution in [-0.2, 0) is 9.47 Å². The first kappa shape index (κ1) is 28.8. The highest BCUT2D eigenvalue weighted by atomic mass is 35.5.